The van der Waals surface area contributed by atoms with Crippen molar-refractivity contribution < 1.29 is 9.47 Å². The number of hydrogen-bond acceptors (Lipinski definition) is 3. The largest absolute Gasteiger partial charge is 0.493 e. The molecule has 154 valence electrons. The third-order valence-corrected chi connectivity index (χ3v) is 5.73. The van der Waals surface area contributed by atoms with Gasteiger partial charge in [0, 0.05) is 13.2 Å². The highest BCUT2D eigenvalue weighted by Gasteiger charge is 2.24. The van der Waals surface area contributed by atoms with Crippen LogP contribution in [-0.4, -0.2) is 22.8 Å². The Morgan fingerprint density at radius 2 is 2.03 bits per heavy atom. The summed E-state index contributed by atoms with van der Waals surface area (Å²) in [6, 6.07) is 14.9. The lowest BCUT2D eigenvalue weighted by Gasteiger charge is -2.16. The molecule has 0 saturated carbocycles. The average Bonchev–Trinajstić information content (AvgIpc) is 3.35. The molecule has 2 aromatic carbocycles. The van der Waals surface area contributed by atoms with Crippen molar-refractivity contribution >= 4 is 11.0 Å². The Labute approximate surface area is 173 Å². The number of unbranched alkanes of at least 4 members (excludes halogenated alkanes) is 1. The molecule has 4 nitrogen and oxygen atoms in total. The molecule has 1 aliphatic rings. The van der Waals surface area contributed by atoms with Gasteiger partial charge in [-0.1, -0.05) is 38.1 Å². The number of benzene rings is 2. The van der Waals surface area contributed by atoms with E-state index in [0.717, 1.165) is 62.5 Å². The Hall–Kier alpha value is -2.33. The van der Waals surface area contributed by atoms with Crippen molar-refractivity contribution in [3.05, 3.63) is 59.4 Å². The van der Waals surface area contributed by atoms with Gasteiger partial charge in [0.2, 0.25) is 0 Å². The molecule has 0 spiro atoms. The molecule has 1 aliphatic heterocycles. The van der Waals surface area contributed by atoms with Crippen LogP contribution in [0.1, 0.15) is 68.5 Å². The lowest BCUT2D eigenvalue weighted by atomic mass is 10.0. The van der Waals surface area contributed by atoms with Crippen LogP contribution in [0.5, 0.6) is 5.75 Å². The van der Waals surface area contributed by atoms with Gasteiger partial charge >= 0.3 is 0 Å². The second-order valence-corrected chi connectivity index (χ2v) is 8.36. The molecule has 0 radical (unpaired) electrons. The molecule has 0 amide bonds. The highest BCUT2D eigenvalue weighted by molar-refractivity contribution is 5.76. The van der Waals surface area contributed by atoms with E-state index in [1.165, 1.54) is 16.6 Å². The minimum atomic E-state index is 0.138. The smallest absolute Gasteiger partial charge is 0.139 e. The predicted octanol–water partition coefficient (Wildman–Crippen LogP) is 6.18. The van der Waals surface area contributed by atoms with Crippen molar-refractivity contribution in [1.29, 1.82) is 0 Å². The van der Waals surface area contributed by atoms with Gasteiger partial charge in [0.25, 0.3) is 0 Å². The molecule has 1 saturated heterocycles. The fourth-order valence-corrected chi connectivity index (χ4v) is 4.15. The number of nitrogens with zero attached hydrogens (tertiary/aromatic N) is 2. The zero-order valence-electron chi connectivity index (χ0n) is 17.9. The van der Waals surface area contributed by atoms with Crippen molar-refractivity contribution in [2.45, 2.75) is 65.0 Å². The summed E-state index contributed by atoms with van der Waals surface area (Å²) in [6.07, 6.45) is 4.40. The van der Waals surface area contributed by atoms with Gasteiger partial charge in [-0.2, -0.15) is 0 Å². The average molecular weight is 393 g/mol. The van der Waals surface area contributed by atoms with E-state index in [1.807, 2.05) is 0 Å². The standard InChI is InChI=1S/C25H32N2O2/c1-18(2)20-13-12-19(3)17-24(20)29-15-7-6-14-27-22-10-5-4-9-21(22)26-25(27)23-11-8-16-28-23/h4-5,9-10,12-13,17-18,23H,6-8,11,14-16H2,1-3H3. The van der Waals surface area contributed by atoms with E-state index < -0.39 is 0 Å². The monoisotopic (exact) mass is 392 g/mol. The summed E-state index contributed by atoms with van der Waals surface area (Å²) in [5.41, 5.74) is 4.81. The SMILES string of the molecule is Cc1ccc(C(C)C)c(OCCCCn2c(C3CCCO3)nc3ccccc32)c1. The Balaban J connectivity index is 1.40. The molecule has 1 aromatic heterocycles. The zero-order valence-corrected chi connectivity index (χ0v) is 17.9. The maximum absolute atomic E-state index is 6.17. The van der Waals surface area contributed by atoms with E-state index in [1.54, 1.807) is 0 Å². The second-order valence-electron chi connectivity index (χ2n) is 8.36. The van der Waals surface area contributed by atoms with Crippen LogP contribution in [-0.2, 0) is 11.3 Å². The van der Waals surface area contributed by atoms with Gasteiger partial charge in [-0.15, -0.1) is 0 Å². The third kappa shape index (κ3) is 4.48. The summed E-state index contributed by atoms with van der Waals surface area (Å²) >= 11 is 0. The quantitative estimate of drug-likeness (QED) is 0.430. The number of rotatable bonds is 8. The minimum Gasteiger partial charge on any atom is -0.493 e. The first-order valence-electron chi connectivity index (χ1n) is 10.9. The van der Waals surface area contributed by atoms with Crippen molar-refractivity contribution in [3.8, 4) is 5.75 Å². The van der Waals surface area contributed by atoms with E-state index >= 15 is 0 Å². The second kappa shape index (κ2) is 9.00. The molecule has 3 aromatic rings. The molecular formula is C25H32N2O2. The van der Waals surface area contributed by atoms with Gasteiger partial charge in [0.05, 0.1) is 17.6 Å². The van der Waals surface area contributed by atoms with Crippen LogP contribution in [0.25, 0.3) is 11.0 Å². The topological polar surface area (TPSA) is 36.3 Å². The first-order valence-corrected chi connectivity index (χ1v) is 10.9. The van der Waals surface area contributed by atoms with Crippen molar-refractivity contribution in [3.63, 3.8) is 0 Å². The van der Waals surface area contributed by atoms with Gasteiger partial charge < -0.3 is 14.0 Å². The summed E-state index contributed by atoms with van der Waals surface area (Å²) in [4.78, 5) is 4.89. The van der Waals surface area contributed by atoms with Gasteiger partial charge in [0.15, 0.2) is 0 Å². The fraction of sp³-hybridized carbons (Fsp3) is 0.480. The third-order valence-electron chi connectivity index (χ3n) is 5.73. The van der Waals surface area contributed by atoms with E-state index in [0.29, 0.717) is 5.92 Å². The molecule has 0 bridgehead atoms. The number of aryl methyl sites for hydroxylation is 2. The van der Waals surface area contributed by atoms with Crippen molar-refractivity contribution in [2.24, 2.45) is 0 Å². The first-order chi connectivity index (χ1) is 14.1. The van der Waals surface area contributed by atoms with Crippen LogP contribution < -0.4 is 4.74 Å². The molecular weight excluding hydrogens is 360 g/mol. The van der Waals surface area contributed by atoms with Crippen molar-refractivity contribution in [1.82, 2.24) is 9.55 Å². The Morgan fingerprint density at radius 1 is 1.17 bits per heavy atom. The maximum atomic E-state index is 6.17. The lowest BCUT2D eigenvalue weighted by Crippen LogP contribution is -2.10. The van der Waals surface area contributed by atoms with Crippen LogP contribution in [0.4, 0.5) is 0 Å². The predicted molar refractivity (Wildman–Crippen MR) is 118 cm³/mol. The molecule has 0 aliphatic carbocycles. The molecule has 29 heavy (non-hydrogen) atoms. The Morgan fingerprint density at radius 3 is 2.83 bits per heavy atom. The van der Waals surface area contributed by atoms with Crippen LogP contribution >= 0.6 is 0 Å². The number of aromatic nitrogens is 2. The lowest BCUT2D eigenvalue weighted by molar-refractivity contribution is 0.102. The highest BCUT2D eigenvalue weighted by atomic mass is 16.5. The molecule has 2 heterocycles. The summed E-state index contributed by atoms with van der Waals surface area (Å²) in [5.74, 6) is 2.59. The van der Waals surface area contributed by atoms with Gasteiger partial charge in [-0.05, 0) is 67.9 Å². The summed E-state index contributed by atoms with van der Waals surface area (Å²) in [5, 5.41) is 0. The van der Waals surface area contributed by atoms with Gasteiger partial charge in [-0.25, -0.2) is 4.98 Å². The van der Waals surface area contributed by atoms with E-state index in [-0.39, 0.29) is 6.10 Å². The van der Waals surface area contributed by atoms with Crippen LogP contribution in [0.2, 0.25) is 0 Å². The number of ether oxygens (including phenoxy) is 2. The zero-order chi connectivity index (χ0) is 20.2. The first kappa shape index (κ1) is 20.0. The summed E-state index contributed by atoms with van der Waals surface area (Å²) in [6.45, 7) is 9.09. The van der Waals surface area contributed by atoms with Crippen molar-refractivity contribution in [2.75, 3.05) is 13.2 Å². The molecule has 4 heteroatoms. The number of para-hydroxylation sites is 2. The molecule has 1 fully saturated rings. The van der Waals surface area contributed by atoms with E-state index in [9.17, 15) is 0 Å². The number of hydrogen-bond donors (Lipinski definition) is 0. The molecule has 4 rings (SSSR count). The summed E-state index contributed by atoms with van der Waals surface area (Å²) in [7, 11) is 0. The van der Waals surface area contributed by atoms with Gasteiger partial charge in [-0.3, -0.25) is 0 Å². The van der Waals surface area contributed by atoms with Gasteiger partial charge in [0.1, 0.15) is 17.7 Å². The summed E-state index contributed by atoms with van der Waals surface area (Å²) < 4.78 is 14.5. The van der Waals surface area contributed by atoms with Crippen LogP contribution in [0.15, 0.2) is 42.5 Å². The molecule has 1 atom stereocenters. The minimum absolute atomic E-state index is 0.138. The highest BCUT2D eigenvalue weighted by Crippen LogP contribution is 2.31. The van der Waals surface area contributed by atoms with Crippen LogP contribution in [0.3, 0.4) is 0 Å². The van der Waals surface area contributed by atoms with Crippen LogP contribution in [0, 0.1) is 6.92 Å². The van der Waals surface area contributed by atoms with E-state index in [4.69, 9.17) is 14.5 Å². The normalized spacial score (nSPS) is 16.8. The fourth-order valence-electron chi connectivity index (χ4n) is 4.15. The Bertz CT molecular complexity index is 955. The Kier molecular flexibility index (Phi) is 6.19. The molecule has 1 unspecified atom stereocenters. The van der Waals surface area contributed by atoms with E-state index in [2.05, 4.69) is 67.8 Å². The number of imidazole rings is 1. The number of fused-ring (bicyclic) bond motifs is 1. The molecule has 0 N–H and O–H groups in total. The maximum Gasteiger partial charge on any atom is 0.139 e.